The van der Waals surface area contributed by atoms with Crippen LogP contribution in [0.25, 0.3) is 0 Å². The second-order valence-corrected chi connectivity index (χ2v) is 3.63. The van der Waals surface area contributed by atoms with E-state index in [4.69, 9.17) is 0 Å². The lowest BCUT2D eigenvalue weighted by Gasteiger charge is -2.21. The molecule has 2 heterocycles. The molecule has 13 heavy (non-hydrogen) atoms. The quantitative estimate of drug-likeness (QED) is 0.556. The number of likely N-dealkylation sites (tertiary alicyclic amines) is 2. The molecule has 4 nitrogen and oxygen atoms in total. The summed E-state index contributed by atoms with van der Waals surface area (Å²) in [5, 5.41) is 0. The summed E-state index contributed by atoms with van der Waals surface area (Å²) in [6.45, 7) is 2.26. The fourth-order valence-electron chi connectivity index (χ4n) is 1.93. The molecule has 0 aromatic carbocycles. The van der Waals surface area contributed by atoms with Gasteiger partial charge in [-0.2, -0.15) is 0 Å². The highest BCUT2D eigenvalue weighted by atomic mass is 16.2. The highest BCUT2D eigenvalue weighted by Gasteiger charge is 2.30. The zero-order valence-corrected chi connectivity index (χ0v) is 7.66. The van der Waals surface area contributed by atoms with Gasteiger partial charge in [-0.25, -0.2) is 4.79 Å². The Morgan fingerprint density at radius 1 is 1.08 bits per heavy atom. The Kier molecular flexibility index (Phi) is 2.20. The minimum Gasteiger partial charge on any atom is -0.324 e. The number of carbonyl (C=O) groups is 2. The molecule has 0 atom stereocenters. The highest BCUT2D eigenvalue weighted by Crippen LogP contribution is 2.16. The topological polar surface area (TPSA) is 40.6 Å². The lowest BCUT2D eigenvalue weighted by molar-refractivity contribution is -0.125. The van der Waals surface area contributed by atoms with Crippen molar-refractivity contribution in [1.29, 1.82) is 0 Å². The molecular formula is C9H14N2O2. The standard InChI is InChI=1S/C9H14N2O2/c12-8-4-3-7-11(8)9(13)10-5-1-2-6-10/h1-7H2. The van der Waals surface area contributed by atoms with Gasteiger partial charge in [-0.05, 0) is 19.3 Å². The van der Waals surface area contributed by atoms with Gasteiger partial charge in [0.05, 0.1) is 0 Å². The van der Waals surface area contributed by atoms with Crippen LogP contribution in [-0.2, 0) is 4.79 Å². The number of carbonyl (C=O) groups excluding carboxylic acids is 2. The van der Waals surface area contributed by atoms with Crippen LogP contribution in [0.5, 0.6) is 0 Å². The van der Waals surface area contributed by atoms with Gasteiger partial charge in [0.1, 0.15) is 0 Å². The lowest BCUT2D eigenvalue weighted by Crippen LogP contribution is -2.42. The van der Waals surface area contributed by atoms with Crippen molar-refractivity contribution in [3.63, 3.8) is 0 Å². The summed E-state index contributed by atoms with van der Waals surface area (Å²) in [5.74, 6) is -0.00287. The molecule has 2 aliphatic rings. The molecular weight excluding hydrogens is 168 g/mol. The third-order valence-corrected chi connectivity index (χ3v) is 2.68. The van der Waals surface area contributed by atoms with Crippen molar-refractivity contribution in [2.45, 2.75) is 25.7 Å². The van der Waals surface area contributed by atoms with E-state index in [1.807, 2.05) is 0 Å². The lowest BCUT2D eigenvalue weighted by atomic mass is 10.4. The minimum atomic E-state index is -0.0694. The van der Waals surface area contributed by atoms with Crippen LogP contribution in [0.15, 0.2) is 0 Å². The summed E-state index contributed by atoms with van der Waals surface area (Å²) in [5.41, 5.74) is 0. The number of imide groups is 1. The maximum Gasteiger partial charge on any atom is 0.326 e. The molecule has 0 aromatic heterocycles. The van der Waals surface area contributed by atoms with Gasteiger partial charge in [0, 0.05) is 26.1 Å². The third kappa shape index (κ3) is 1.53. The molecule has 4 heteroatoms. The van der Waals surface area contributed by atoms with E-state index in [1.54, 1.807) is 4.90 Å². The van der Waals surface area contributed by atoms with E-state index in [-0.39, 0.29) is 11.9 Å². The number of hydrogen-bond donors (Lipinski definition) is 0. The summed E-state index contributed by atoms with van der Waals surface area (Å²) < 4.78 is 0. The average Bonchev–Trinajstić information content (AvgIpc) is 2.72. The van der Waals surface area contributed by atoms with Crippen LogP contribution in [-0.4, -0.2) is 41.4 Å². The molecule has 2 saturated heterocycles. The Hall–Kier alpha value is -1.06. The molecule has 0 saturated carbocycles. The van der Waals surface area contributed by atoms with Crippen molar-refractivity contribution < 1.29 is 9.59 Å². The number of amides is 3. The van der Waals surface area contributed by atoms with E-state index in [0.717, 1.165) is 32.4 Å². The first-order chi connectivity index (χ1) is 6.29. The van der Waals surface area contributed by atoms with Crippen LogP contribution < -0.4 is 0 Å². The second-order valence-electron chi connectivity index (χ2n) is 3.63. The van der Waals surface area contributed by atoms with Crippen molar-refractivity contribution in [2.75, 3.05) is 19.6 Å². The van der Waals surface area contributed by atoms with E-state index in [0.29, 0.717) is 13.0 Å². The molecule has 0 bridgehead atoms. The van der Waals surface area contributed by atoms with E-state index in [1.165, 1.54) is 4.90 Å². The Bertz CT molecular complexity index is 234. The van der Waals surface area contributed by atoms with Gasteiger partial charge in [-0.15, -0.1) is 0 Å². The van der Waals surface area contributed by atoms with Gasteiger partial charge in [0.2, 0.25) is 5.91 Å². The predicted octanol–water partition coefficient (Wildman–Crippen LogP) is 0.825. The molecule has 0 spiro atoms. The van der Waals surface area contributed by atoms with Crippen molar-refractivity contribution in [2.24, 2.45) is 0 Å². The van der Waals surface area contributed by atoms with E-state index < -0.39 is 0 Å². The highest BCUT2D eigenvalue weighted by molar-refractivity contribution is 5.95. The summed E-state index contributed by atoms with van der Waals surface area (Å²) in [4.78, 5) is 26.1. The van der Waals surface area contributed by atoms with Crippen LogP contribution in [0.1, 0.15) is 25.7 Å². The van der Waals surface area contributed by atoms with Crippen molar-refractivity contribution in [3.8, 4) is 0 Å². The smallest absolute Gasteiger partial charge is 0.324 e. The predicted molar refractivity (Wildman–Crippen MR) is 47.2 cm³/mol. The summed E-state index contributed by atoms with van der Waals surface area (Å²) in [6, 6.07) is -0.0694. The van der Waals surface area contributed by atoms with E-state index >= 15 is 0 Å². The number of hydrogen-bond acceptors (Lipinski definition) is 2. The van der Waals surface area contributed by atoms with Crippen LogP contribution in [0.4, 0.5) is 4.79 Å². The molecule has 2 rings (SSSR count). The average molecular weight is 182 g/mol. The molecule has 2 aliphatic heterocycles. The van der Waals surface area contributed by atoms with Gasteiger partial charge >= 0.3 is 6.03 Å². The first kappa shape index (κ1) is 8.53. The molecule has 0 radical (unpaired) electrons. The number of nitrogens with zero attached hydrogens (tertiary/aromatic N) is 2. The molecule has 0 aromatic rings. The largest absolute Gasteiger partial charge is 0.326 e. The van der Waals surface area contributed by atoms with Crippen molar-refractivity contribution in [3.05, 3.63) is 0 Å². The van der Waals surface area contributed by atoms with Crippen molar-refractivity contribution in [1.82, 2.24) is 9.80 Å². The summed E-state index contributed by atoms with van der Waals surface area (Å²) >= 11 is 0. The Balaban J connectivity index is 1.99. The van der Waals surface area contributed by atoms with Gasteiger partial charge < -0.3 is 4.90 Å². The van der Waals surface area contributed by atoms with Gasteiger partial charge in [-0.3, -0.25) is 9.69 Å². The Labute approximate surface area is 77.5 Å². The van der Waals surface area contributed by atoms with E-state index in [9.17, 15) is 9.59 Å². The second kappa shape index (κ2) is 3.36. The fourth-order valence-corrected chi connectivity index (χ4v) is 1.93. The summed E-state index contributed by atoms with van der Waals surface area (Å²) in [7, 11) is 0. The van der Waals surface area contributed by atoms with Crippen molar-refractivity contribution >= 4 is 11.9 Å². The maximum absolute atomic E-state index is 11.7. The molecule has 3 amide bonds. The van der Waals surface area contributed by atoms with E-state index in [2.05, 4.69) is 0 Å². The molecule has 2 fully saturated rings. The monoisotopic (exact) mass is 182 g/mol. The molecule has 0 N–H and O–H groups in total. The van der Waals surface area contributed by atoms with Crippen LogP contribution in [0.2, 0.25) is 0 Å². The van der Waals surface area contributed by atoms with Crippen LogP contribution >= 0.6 is 0 Å². The van der Waals surface area contributed by atoms with Gasteiger partial charge in [0.15, 0.2) is 0 Å². The Morgan fingerprint density at radius 2 is 1.77 bits per heavy atom. The first-order valence-corrected chi connectivity index (χ1v) is 4.88. The summed E-state index contributed by atoms with van der Waals surface area (Å²) in [6.07, 6.45) is 3.53. The van der Waals surface area contributed by atoms with Gasteiger partial charge in [0.25, 0.3) is 0 Å². The van der Waals surface area contributed by atoms with Crippen LogP contribution in [0.3, 0.4) is 0 Å². The Morgan fingerprint density at radius 3 is 2.31 bits per heavy atom. The number of rotatable bonds is 0. The molecule has 72 valence electrons. The first-order valence-electron chi connectivity index (χ1n) is 4.88. The van der Waals surface area contributed by atoms with Crippen LogP contribution in [0, 0.1) is 0 Å². The zero-order chi connectivity index (χ0) is 9.26. The zero-order valence-electron chi connectivity index (χ0n) is 7.66. The minimum absolute atomic E-state index is 0.00287. The molecule has 0 unspecified atom stereocenters. The fraction of sp³-hybridized carbons (Fsp3) is 0.778. The maximum atomic E-state index is 11.7. The van der Waals surface area contributed by atoms with Gasteiger partial charge in [-0.1, -0.05) is 0 Å². The number of urea groups is 1. The normalized spacial score (nSPS) is 22.9. The SMILES string of the molecule is O=C1CCCN1C(=O)N1CCCC1. The third-order valence-electron chi connectivity index (χ3n) is 2.68. The molecule has 0 aliphatic carbocycles.